The fraction of sp³-hybridized carbons (Fsp3) is 0.571. The molecule has 1 unspecified atom stereocenters. The van der Waals surface area contributed by atoms with Gasteiger partial charge in [-0.05, 0) is 37.8 Å². The number of halogens is 1. The monoisotopic (exact) mass is 236 g/mol. The molecule has 1 atom stereocenters. The summed E-state index contributed by atoms with van der Waals surface area (Å²) in [5.74, 6) is 0.345. The van der Waals surface area contributed by atoms with E-state index >= 15 is 0 Å². The molecule has 0 amide bonds. The number of anilines is 2. The summed E-state index contributed by atoms with van der Waals surface area (Å²) in [5.41, 5.74) is 6.68. The van der Waals surface area contributed by atoms with Crippen molar-refractivity contribution in [2.75, 3.05) is 11.1 Å². The predicted octanol–water partition coefficient (Wildman–Crippen LogP) is 3.79. The number of rotatable bonds is 3. The van der Waals surface area contributed by atoms with Gasteiger partial charge in [-0.15, -0.1) is 0 Å². The highest BCUT2D eigenvalue weighted by molar-refractivity contribution is 5.66. The third-order valence-electron chi connectivity index (χ3n) is 3.79. The molecule has 0 spiro atoms. The highest BCUT2D eigenvalue weighted by atomic mass is 19.1. The standard InChI is InChI=1S/C14H21FN2/c1-10(11-6-3-2-4-7-11)17-13-9-5-8-12(15)14(13)16/h5,8-11,17H,2-4,6-7,16H2,1H3. The molecule has 0 saturated heterocycles. The molecule has 3 heteroatoms. The molecule has 0 aromatic heterocycles. The Labute approximate surface area is 102 Å². The van der Waals surface area contributed by atoms with Crippen molar-refractivity contribution in [3.63, 3.8) is 0 Å². The van der Waals surface area contributed by atoms with Crippen molar-refractivity contribution in [3.05, 3.63) is 24.0 Å². The van der Waals surface area contributed by atoms with Gasteiger partial charge in [-0.2, -0.15) is 0 Å². The maximum Gasteiger partial charge on any atom is 0.148 e. The zero-order valence-corrected chi connectivity index (χ0v) is 10.4. The van der Waals surface area contributed by atoms with E-state index in [0.29, 0.717) is 12.0 Å². The van der Waals surface area contributed by atoms with Gasteiger partial charge in [0.25, 0.3) is 0 Å². The highest BCUT2D eigenvalue weighted by Crippen LogP contribution is 2.29. The summed E-state index contributed by atoms with van der Waals surface area (Å²) in [6.45, 7) is 2.17. The molecule has 3 N–H and O–H groups in total. The van der Waals surface area contributed by atoms with Gasteiger partial charge in [0.1, 0.15) is 5.82 Å². The van der Waals surface area contributed by atoms with E-state index in [2.05, 4.69) is 12.2 Å². The summed E-state index contributed by atoms with van der Waals surface area (Å²) in [6, 6.07) is 5.30. The minimum Gasteiger partial charge on any atom is -0.395 e. The van der Waals surface area contributed by atoms with Gasteiger partial charge < -0.3 is 11.1 Å². The van der Waals surface area contributed by atoms with Crippen LogP contribution in [0.2, 0.25) is 0 Å². The van der Waals surface area contributed by atoms with Gasteiger partial charge >= 0.3 is 0 Å². The smallest absolute Gasteiger partial charge is 0.148 e. The summed E-state index contributed by atoms with van der Waals surface area (Å²) in [7, 11) is 0. The van der Waals surface area contributed by atoms with E-state index in [1.807, 2.05) is 6.07 Å². The molecule has 0 bridgehead atoms. The Kier molecular flexibility index (Phi) is 3.87. The van der Waals surface area contributed by atoms with Crippen LogP contribution in [0.15, 0.2) is 18.2 Å². The summed E-state index contributed by atoms with van der Waals surface area (Å²) < 4.78 is 13.3. The van der Waals surface area contributed by atoms with Crippen LogP contribution in [0.1, 0.15) is 39.0 Å². The van der Waals surface area contributed by atoms with Gasteiger partial charge in [0.05, 0.1) is 11.4 Å². The molecule has 94 valence electrons. The fourth-order valence-corrected chi connectivity index (χ4v) is 2.66. The van der Waals surface area contributed by atoms with Crippen molar-refractivity contribution < 1.29 is 4.39 Å². The zero-order valence-electron chi connectivity index (χ0n) is 10.4. The molecule has 0 radical (unpaired) electrons. The normalized spacial score (nSPS) is 18.9. The Morgan fingerprint density at radius 1 is 1.29 bits per heavy atom. The van der Waals surface area contributed by atoms with Crippen LogP contribution < -0.4 is 11.1 Å². The second-order valence-corrected chi connectivity index (χ2v) is 5.03. The van der Waals surface area contributed by atoms with Crippen LogP contribution >= 0.6 is 0 Å². The lowest BCUT2D eigenvalue weighted by Crippen LogP contribution is -2.28. The average Bonchev–Trinajstić information content (AvgIpc) is 2.36. The van der Waals surface area contributed by atoms with Crippen LogP contribution in [0, 0.1) is 11.7 Å². The molecule has 1 aliphatic rings. The molecule has 1 aromatic rings. The number of para-hydroxylation sites is 1. The quantitative estimate of drug-likeness (QED) is 0.784. The number of nitrogens with one attached hydrogen (secondary N) is 1. The summed E-state index contributed by atoms with van der Waals surface area (Å²) in [5, 5.41) is 3.36. The van der Waals surface area contributed by atoms with E-state index in [0.717, 1.165) is 5.69 Å². The number of hydrogen-bond acceptors (Lipinski definition) is 2. The first kappa shape index (κ1) is 12.2. The third kappa shape index (κ3) is 2.90. The molecule has 0 aliphatic heterocycles. The summed E-state index contributed by atoms with van der Waals surface area (Å²) in [4.78, 5) is 0. The van der Waals surface area contributed by atoms with Gasteiger partial charge in [-0.3, -0.25) is 0 Å². The van der Waals surface area contributed by atoms with E-state index in [-0.39, 0.29) is 11.5 Å². The topological polar surface area (TPSA) is 38.0 Å². The van der Waals surface area contributed by atoms with Crippen molar-refractivity contribution >= 4 is 11.4 Å². The first-order valence-corrected chi connectivity index (χ1v) is 6.49. The van der Waals surface area contributed by atoms with Crippen molar-refractivity contribution in [2.24, 2.45) is 5.92 Å². The van der Waals surface area contributed by atoms with Gasteiger partial charge in [-0.1, -0.05) is 25.3 Å². The Balaban J connectivity index is 2.01. The minimum absolute atomic E-state index is 0.232. The van der Waals surface area contributed by atoms with Crippen LogP contribution in [-0.2, 0) is 0 Å². The molecule has 1 aliphatic carbocycles. The van der Waals surface area contributed by atoms with Crippen LogP contribution in [0.4, 0.5) is 15.8 Å². The molecule has 2 nitrogen and oxygen atoms in total. The highest BCUT2D eigenvalue weighted by Gasteiger charge is 2.20. The first-order chi connectivity index (χ1) is 8.18. The van der Waals surface area contributed by atoms with E-state index in [9.17, 15) is 4.39 Å². The molecular formula is C14H21FN2. The molecule has 1 fully saturated rings. The van der Waals surface area contributed by atoms with E-state index in [1.54, 1.807) is 6.07 Å². The Bertz CT molecular complexity index is 372. The molecule has 0 heterocycles. The molecule has 2 rings (SSSR count). The van der Waals surface area contributed by atoms with Gasteiger partial charge in [0, 0.05) is 6.04 Å². The van der Waals surface area contributed by atoms with Crippen LogP contribution in [0.25, 0.3) is 0 Å². The fourth-order valence-electron chi connectivity index (χ4n) is 2.66. The zero-order chi connectivity index (χ0) is 12.3. The maximum absolute atomic E-state index is 13.3. The van der Waals surface area contributed by atoms with Crippen LogP contribution in [0.3, 0.4) is 0 Å². The number of hydrogen-bond donors (Lipinski definition) is 2. The van der Waals surface area contributed by atoms with Gasteiger partial charge in [0.2, 0.25) is 0 Å². The predicted molar refractivity (Wildman–Crippen MR) is 70.5 cm³/mol. The number of benzene rings is 1. The average molecular weight is 236 g/mol. The Morgan fingerprint density at radius 3 is 2.71 bits per heavy atom. The van der Waals surface area contributed by atoms with E-state index < -0.39 is 0 Å². The van der Waals surface area contributed by atoms with E-state index in [1.165, 1.54) is 38.2 Å². The lowest BCUT2D eigenvalue weighted by atomic mass is 9.84. The van der Waals surface area contributed by atoms with Crippen LogP contribution in [-0.4, -0.2) is 6.04 Å². The lowest BCUT2D eigenvalue weighted by Gasteiger charge is -2.29. The number of nitrogens with two attached hydrogens (primary N) is 1. The van der Waals surface area contributed by atoms with Crippen molar-refractivity contribution in [1.29, 1.82) is 0 Å². The second-order valence-electron chi connectivity index (χ2n) is 5.03. The SMILES string of the molecule is CC(Nc1cccc(F)c1N)C1CCCCC1. The number of nitrogen functional groups attached to an aromatic ring is 1. The Morgan fingerprint density at radius 2 is 2.00 bits per heavy atom. The molecular weight excluding hydrogens is 215 g/mol. The van der Waals surface area contributed by atoms with Crippen molar-refractivity contribution in [1.82, 2.24) is 0 Å². The maximum atomic E-state index is 13.3. The molecule has 1 aromatic carbocycles. The summed E-state index contributed by atoms with van der Waals surface area (Å²) >= 11 is 0. The van der Waals surface area contributed by atoms with Crippen molar-refractivity contribution in [2.45, 2.75) is 45.1 Å². The molecule has 17 heavy (non-hydrogen) atoms. The van der Waals surface area contributed by atoms with E-state index in [4.69, 9.17) is 5.73 Å². The third-order valence-corrected chi connectivity index (χ3v) is 3.79. The van der Waals surface area contributed by atoms with Gasteiger partial charge in [0.15, 0.2) is 0 Å². The Hall–Kier alpha value is -1.25. The minimum atomic E-state index is -0.342. The van der Waals surface area contributed by atoms with Crippen molar-refractivity contribution in [3.8, 4) is 0 Å². The van der Waals surface area contributed by atoms with Crippen LogP contribution in [0.5, 0.6) is 0 Å². The molecule has 1 saturated carbocycles. The lowest BCUT2D eigenvalue weighted by molar-refractivity contribution is 0.328. The second kappa shape index (κ2) is 5.39. The summed E-state index contributed by atoms with van der Waals surface area (Å²) in [6.07, 6.45) is 6.52. The first-order valence-electron chi connectivity index (χ1n) is 6.49. The van der Waals surface area contributed by atoms with Gasteiger partial charge in [-0.25, -0.2) is 4.39 Å². The largest absolute Gasteiger partial charge is 0.395 e.